The van der Waals surface area contributed by atoms with Gasteiger partial charge in [-0.2, -0.15) is 5.26 Å². The molecule has 0 spiro atoms. The Balaban J connectivity index is 3.03. The molecule has 0 unspecified atom stereocenters. The first kappa shape index (κ1) is 7.36. The van der Waals surface area contributed by atoms with Crippen LogP contribution in [0.4, 0.5) is 0 Å². The standard InChI is InChI=1S/C9H8N2/c10-5-4-8-2-1-3-9(6-8)7-11/h1-6H,10H2. The summed E-state index contributed by atoms with van der Waals surface area (Å²) in [7, 11) is 0. The minimum atomic E-state index is 0.653. The Hall–Kier alpha value is -1.75. The number of benzene rings is 1. The first-order valence-electron chi connectivity index (χ1n) is 3.25. The van der Waals surface area contributed by atoms with Gasteiger partial charge in [0.15, 0.2) is 0 Å². The van der Waals surface area contributed by atoms with E-state index < -0.39 is 0 Å². The van der Waals surface area contributed by atoms with Crippen LogP contribution in [-0.2, 0) is 0 Å². The molecule has 0 fully saturated rings. The predicted molar refractivity (Wildman–Crippen MR) is 44.4 cm³/mol. The van der Waals surface area contributed by atoms with E-state index in [-0.39, 0.29) is 0 Å². The van der Waals surface area contributed by atoms with E-state index in [0.29, 0.717) is 5.56 Å². The van der Waals surface area contributed by atoms with Crippen LogP contribution in [-0.4, -0.2) is 0 Å². The number of hydrogen-bond donors (Lipinski definition) is 1. The highest BCUT2D eigenvalue weighted by Gasteiger charge is 1.88. The topological polar surface area (TPSA) is 49.8 Å². The third-order valence-electron chi connectivity index (χ3n) is 1.30. The Morgan fingerprint density at radius 3 is 2.91 bits per heavy atom. The van der Waals surface area contributed by atoms with E-state index in [1.807, 2.05) is 12.1 Å². The van der Waals surface area contributed by atoms with Crippen molar-refractivity contribution in [2.24, 2.45) is 5.73 Å². The molecule has 0 aliphatic rings. The summed E-state index contributed by atoms with van der Waals surface area (Å²) in [6, 6.07) is 9.31. The first-order chi connectivity index (χ1) is 5.36. The van der Waals surface area contributed by atoms with Gasteiger partial charge < -0.3 is 5.73 Å². The molecule has 54 valence electrons. The van der Waals surface area contributed by atoms with E-state index in [2.05, 4.69) is 6.07 Å². The van der Waals surface area contributed by atoms with Gasteiger partial charge in [0.05, 0.1) is 11.6 Å². The molecular weight excluding hydrogens is 136 g/mol. The van der Waals surface area contributed by atoms with Crippen molar-refractivity contribution in [3.8, 4) is 6.07 Å². The van der Waals surface area contributed by atoms with E-state index in [0.717, 1.165) is 5.56 Å². The lowest BCUT2D eigenvalue weighted by molar-refractivity contribution is 1.48. The van der Waals surface area contributed by atoms with Gasteiger partial charge in [0.2, 0.25) is 0 Å². The highest BCUT2D eigenvalue weighted by molar-refractivity contribution is 5.51. The zero-order chi connectivity index (χ0) is 8.10. The summed E-state index contributed by atoms with van der Waals surface area (Å²) in [5.74, 6) is 0. The van der Waals surface area contributed by atoms with Gasteiger partial charge >= 0.3 is 0 Å². The largest absolute Gasteiger partial charge is 0.405 e. The van der Waals surface area contributed by atoms with Crippen molar-refractivity contribution in [3.05, 3.63) is 41.6 Å². The molecule has 2 N–H and O–H groups in total. The zero-order valence-electron chi connectivity index (χ0n) is 5.99. The Morgan fingerprint density at radius 2 is 2.27 bits per heavy atom. The molecule has 0 saturated carbocycles. The molecule has 1 aromatic rings. The van der Waals surface area contributed by atoms with Crippen molar-refractivity contribution >= 4 is 6.08 Å². The van der Waals surface area contributed by atoms with Gasteiger partial charge in [-0.1, -0.05) is 12.1 Å². The number of rotatable bonds is 1. The normalized spacial score (nSPS) is 9.73. The molecule has 11 heavy (non-hydrogen) atoms. The third kappa shape index (κ3) is 1.84. The van der Waals surface area contributed by atoms with Gasteiger partial charge in [-0.05, 0) is 30.0 Å². The second-order valence-corrected chi connectivity index (χ2v) is 2.10. The molecule has 0 bridgehead atoms. The van der Waals surface area contributed by atoms with Crippen molar-refractivity contribution in [2.75, 3.05) is 0 Å². The summed E-state index contributed by atoms with van der Waals surface area (Å²) in [5.41, 5.74) is 6.79. The maximum atomic E-state index is 8.52. The number of nitrogens with two attached hydrogens (primary N) is 1. The molecule has 0 heterocycles. The monoisotopic (exact) mass is 144 g/mol. The SMILES string of the molecule is N#Cc1cccc(C=CN)c1. The summed E-state index contributed by atoms with van der Waals surface area (Å²) in [6.07, 6.45) is 3.21. The van der Waals surface area contributed by atoms with Gasteiger partial charge in [-0.15, -0.1) is 0 Å². The lowest BCUT2D eigenvalue weighted by Crippen LogP contribution is -1.79. The van der Waals surface area contributed by atoms with E-state index in [1.165, 1.54) is 6.20 Å². The Kier molecular flexibility index (Phi) is 2.29. The van der Waals surface area contributed by atoms with Crippen molar-refractivity contribution in [1.82, 2.24) is 0 Å². The minimum Gasteiger partial charge on any atom is -0.405 e. The fourth-order valence-corrected chi connectivity index (χ4v) is 0.823. The zero-order valence-corrected chi connectivity index (χ0v) is 5.99. The molecule has 0 radical (unpaired) electrons. The fourth-order valence-electron chi connectivity index (χ4n) is 0.823. The average molecular weight is 144 g/mol. The van der Waals surface area contributed by atoms with Crippen LogP contribution in [0.15, 0.2) is 30.5 Å². The molecule has 0 saturated heterocycles. The van der Waals surface area contributed by atoms with Gasteiger partial charge in [-0.3, -0.25) is 0 Å². The minimum absolute atomic E-state index is 0.653. The predicted octanol–water partition coefficient (Wildman–Crippen LogP) is 1.49. The maximum Gasteiger partial charge on any atom is 0.0991 e. The summed E-state index contributed by atoms with van der Waals surface area (Å²) < 4.78 is 0. The molecule has 1 rings (SSSR count). The van der Waals surface area contributed by atoms with Crippen LogP contribution in [0.1, 0.15) is 11.1 Å². The van der Waals surface area contributed by atoms with Gasteiger partial charge in [0.1, 0.15) is 0 Å². The highest BCUT2D eigenvalue weighted by atomic mass is 14.5. The number of hydrogen-bond acceptors (Lipinski definition) is 2. The van der Waals surface area contributed by atoms with Crippen LogP contribution in [0.3, 0.4) is 0 Å². The van der Waals surface area contributed by atoms with Gasteiger partial charge in [0.25, 0.3) is 0 Å². The van der Waals surface area contributed by atoms with E-state index in [1.54, 1.807) is 18.2 Å². The molecule has 1 aromatic carbocycles. The van der Waals surface area contributed by atoms with E-state index in [4.69, 9.17) is 11.0 Å². The van der Waals surface area contributed by atoms with E-state index in [9.17, 15) is 0 Å². The van der Waals surface area contributed by atoms with Crippen LogP contribution >= 0.6 is 0 Å². The second kappa shape index (κ2) is 3.43. The first-order valence-corrected chi connectivity index (χ1v) is 3.25. The molecule has 0 aliphatic carbocycles. The molecule has 0 amide bonds. The quantitative estimate of drug-likeness (QED) is 0.649. The van der Waals surface area contributed by atoms with Crippen LogP contribution < -0.4 is 5.73 Å². The molecule has 0 atom stereocenters. The molecule has 2 nitrogen and oxygen atoms in total. The van der Waals surface area contributed by atoms with Gasteiger partial charge in [0, 0.05) is 0 Å². The van der Waals surface area contributed by atoms with Gasteiger partial charge in [-0.25, -0.2) is 0 Å². The van der Waals surface area contributed by atoms with Crippen LogP contribution in [0.5, 0.6) is 0 Å². The average Bonchev–Trinajstić information content (AvgIpc) is 2.06. The van der Waals surface area contributed by atoms with Crippen molar-refractivity contribution < 1.29 is 0 Å². The number of nitrogens with zero attached hydrogens (tertiary/aromatic N) is 1. The van der Waals surface area contributed by atoms with Crippen LogP contribution in [0, 0.1) is 11.3 Å². The molecule has 0 aliphatic heterocycles. The lowest BCUT2D eigenvalue weighted by Gasteiger charge is -1.91. The highest BCUT2D eigenvalue weighted by Crippen LogP contribution is 2.04. The van der Waals surface area contributed by atoms with Crippen LogP contribution in [0.25, 0.3) is 6.08 Å². The second-order valence-electron chi connectivity index (χ2n) is 2.10. The molecular formula is C9H8N2. The van der Waals surface area contributed by atoms with Crippen molar-refractivity contribution in [1.29, 1.82) is 5.26 Å². The fraction of sp³-hybridized carbons (Fsp3) is 0. The maximum absolute atomic E-state index is 8.52. The third-order valence-corrected chi connectivity index (χ3v) is 1.30. The smallest absolute Gasteiger partial charge is 0.0991 e. The Bertz CT molecular complexity index is 308. The molecule has 0 aromatic heterocycles. The lowest BCUT2D eigenvalue weighted by atomic mass is 10.1. The Labute approximate surface area is 65.6 Å². The summed E-state index contributed by atoms with van der Waals surface area (Å²) >= 11 is 0. The summed E-state index contributed by atoms with van der Waals surface area (Å²) in [6.45, 7) is 0. The summed E-state index contributed by atoms with van der Waals surface area (Å²) in [4.78, 5) is 0. The van der Waals surface area contributed by atoms with E-state index >= 15 is 0 Å². The van der Waals surface area contributed by atoms with Crippen molar-refractivity contribution in [2.45, 2.75) is 0 Å². The van der Waals surface area contributed by atoms with Crippen molar-refractivity contribution in [3.63, 3.8) is 0 Å². The Morgan fingerprint density at radius 1 is 1.45 bits per heavy atom. The van der Waals surface area contributed by atoms with Crippen LogP contribution in [0.2, 0.25) is 0 Å². The summed E-state index contributed by atoms with van der Waals surface area (Å²) in [5, 5.41) is 8.52. The number of nitriles is 1. The molecule has 2 heteroatoms.